The third-order valence-electron chi connectivity index (χ3n) is 5.72. The first-order valence-electron chi connectivity index (χ1n) is 13.1. The Labute approximate surface area is 249 Å². The topological polar surface area (TPSA) is 124 Å². The van der Waals surface area contributed by atoms with Crippen molar-refractivity contribution in [2.45, 2.75) is 33.6 Å². The van der Waals surface area contributed by atoms with Crippen molar-refractivity contribution in [1.29, 1.82) is 0 Å². The van der Waals surface area contributed by atoms with Gasteiger partial charge in [0.2, 0.25) is 13.6 Å². The summed E-state index contributed by atoms with van der Waals surface area (Å²) in [6.07, 6.45) is 0. The minimum absolute atomic E-state index is 0.0606. The SMILES string of the molecule is C=C(C)C(=O)OCOc1ccc(C(=O)Oc2ccc(OC(=O)c3ccc(OCOC(=O)C(=C)C)cc3)c(C(C)C)c2)cc1. The van der Waals surface area contributed by atoms with Crippen LogP contribution in [0, 0.1) is 0 Å². The fourth-order valence-electron chi connectivity index (χ4n) is 3.38. The molecule has 3 aromatic carbocycles. The summed E-state index contributed by atoms with van der Waals surface area (Å²) in [7, 11) is 0. The molecular formula is C33H32O10. The van der Waals surface area contributed by atoms with Crippen molar-refractivity contribution in [3.05, 3.63) is 108 Å². The minimum Gasteiger partial charge on any atom is -0.457 e. The molecule has 10 heteroatoms. The van der Waals surface area contributed by atoms with Gasteiger partial charge in [-0.25, -0.2) is 19.2 Å². The van der Waals surface area contributed by atoms with Gasteiger partial charge in [-0.2, -0.15) is 0 Å². The molecule has 3 rings (SSSR count). The van der Waals surface area contributed by atoms with Gasteiger partial charge in [-0.05, 0) is 86.5 Å². The average molecular weight is 589 g/mol. The van der Waals surface area contributed by atoms with Gasteiger partial charge in [0.05, 0.1) is 11.1 Å². The molecule has 43 heavy (non-hydrogen) atoms. The van der Waals surface area contributed by atoms with Gasteiger partial charge >= 0.3 is 23.9 Å². The van der Waals surface area contributed by atoms with E-state index in [1.165, 1.54) is 44.2 Å². The highest BCUT2D eigenvalue weighted by Gasteiger charge is 2.17. The summed E-state index contributed by atoms with van der Waals surface area (Å²) < 4.78 is 31.6. The molecule has 0 N–H and O–H groups in total. The van der Waals surface area contributed by atoms with Gasteiger partial charge in [0.15, 0.2) is 0 Å². The second-order valence-corrected chi connectivity index (χ2v) is 9.63. The Morgan fingerprint density at radius 2 is 1.05 bits per heavy atom. The number of carbonyl (C=O) groups is 4. The van der Waals surface area contributed by atoms with Crippen LogP contribution >= 0.6 is 0 Å². The van der Waals surface area contributed by atoms with E-state index in [-0.39, 0.29) is 47.5 Å². The molecule has 0 saturated carbocycles. The van der Waals surface area contributed by atoms with Crippen LogP contribution < -0.4 is 18.9 Å². The lowest BCUT2D eigenvalue weighted by Crippen LogP contribution is -2.12. The Morgan fingerprint density at radius 1 is 0.628 bits per heavy atom. The van der Waals surface area contributed by atoms with Crippen LogP contribution in [0.4, 0.5) is 0 Å². The molecule has 224 valence electrons. The Hall–Kier alpha value is -5.38. The maximum absolute atomic E-state index is 12.8. The van der Waals surface area contributed by atoms with Gasteiger partial charge < -0.3 is 28.4 Å². The lowest BCUT2D eigenvalue weighted by atomic mass is 10.0. The minimum atomic E-state index is -0.601. The largest absolute Gasteiger partial charge is 0.457 e. The zero-order valence-electron chi connectivity index (χ0n) is 24.3. The second kappa shape index (κ2) is 15.0. The molecular weight excluding hydrogens is 556 g/mol. The van der Waals surface area contributed by atoms with Gasteiger partial charge in [-0.15, -0.1) is 0 Å². The molecule has 0 aliphatic rings. The lowest BCUT2D eigenvalue weighted by Gasteiger charge is -2.15. The van der Waals surface area contributed by atoms with Crippen LogP contribution in [-0.2, 0) is 19.1 Å². The molecule has 0 amide bonds. The monoisotopic (exact) mass is 588 g/mol. The van der Waals surface area contributed by atoms with Crippen molar-refractivity contribution in [2.75, 3.05) is 13.6 Å². The van der Waals surface area contributed by atoms with Crippen LogP contribution in [-0.4, -0.2) is 37.5 Å². The smallest absolute Gasteiger partial charge is 0.343 e. The standard InChI is InChI=1S/C33H32O10/c1-20(2)28-17-27(42-32(36)23-7-11-25(12-8-23)38-18-40-30(34)21(3)4)15-16-29(28)43-33(37)24-9-13-26(14-10-24)39-19-41-31(35)22(5)6/h7-17,20H,3,5,18-19H2,1-2,4,6H3. The van der Waals surface area contributed by atoms with Crippen LogP contribution in [0.25, 0.3) is 0 Å². The number of ether oxygens (including phenoxy) is 6. The number of rotatable bonds is 13. The van der Waals surface area contributed by atoms with Crippen molar-refractivity contribution in [3.8, 4) is 23.0 Å². The van der Waals surface area contributed by atoms with Crippen molar-refractivity contribution in [2.24, 2.45) is 0 Å². The van der Waals surface area contributed by atoms with Crippen LogP contribution in [0.1, 0.15) is 59.9 Å². The first-order chi connectivity index (χ1) is 20.4. The molecule has 0 radical (unpaired) electrons. The Bertz CT molecular complexity index is 1500. The average Bonchev–Trinajstić information content (AvgIpc) is 2.98. The molecule has 0 aliphatic heterocycles. The van der Waals surface area contributed by atoms with Crippen LogP contribution in [0.5, 0.6) is 23.0 Å². The summed E-state index contributed by atoms with van der Waals surface area (Å²) in [6.45, 7) is 13.3. The number of hydrogen-bond acceptors (Lipinski definition) is 10. The molecule has 0 aliphatic carbocycles. The third kappa shape index (κ3) is 9.60. The van der Waals surface area contributed by atoms with Gasteiger partial charge in [0.25, 0.3) is 0 Å². The van der Waals surface area contributed by atoms with Gasteiger partial charge in [-0.1, -0.05) is 27.0 Å². The Kier molecular flexibility index (Phi) is 11.2. The maximum Gasteiger partial charge on any atom is 0.343 e. The maximum atomic E-state index is 12.8. The number of carbonyl (C=O) groups excluding carboxylic acids is 4. The van der Waals surface area contributed by atoms with Gasteiger partial charge in [-0.3, -0.25) is 0 Å². The van der Waals surface area contributed by atoms with E-state index in [4.69, 9.17) is 28.4 Å². The van der Waals surface area contributed by atoms with E-state index in [1.54, 1.807) is 36.4 Å². The van der Waals surface area contributed by atoms with Gasteiger partial charge in [0.1, 0.15) is 23.0 Å². The molecule has 0 bridgehead atoms. The summed E-state index contributed by atoms with van der Waals surface area (Å²) in [5.74, 6) is -1.01. The second-order valence-electron chi connectivity index (χ2n) is 9.63. The molecule has 0 saturated heterocycles. The Balaban J connectivity index is 1.59. The quantitative estimate of drug-likeness (QED) is 0.0992. The highest BCUT2D eigenvalue weighted by molar-refractivity contribution is 5.92. The van der Waals surface area contributed by atoms with Crippen molar-refractivity contribution in [1.82, 2.24) is 0 Å². The van der Waals surface area contributed by atoms with Crippen LogP contribution in [0.2, 0.25) is 0 Å². The highest BCUT2D eigenvalue weighted by Crippen LogP contribution is 2.31. The summed E-state index contributed by atoms with van der Waals surface area (Å²) in [4.78, 5) is 48.4. The van der Waals surface area contributed by atoms with E-state index in [2.05, 4.69) is 13.2 Å². The fourth-order valence-corrected chi connectivity index (χ4v) is 3.38. The molecule has 0 unspecified atom stereocenters. The van der Waals surface area contributed by atoms with E-state index in [0.717, 1.165) is 0 Å². The van der Waals surface area contributed by atoms with Crippen LogP contribution in [0.15, 0.2) is 91.0 Å². The van der Waals surface area contributed by atoms with Crippen LogP contribution in [0.3, 0.4) is 0 Å². The van der Waals surface area contributed by atoms with E-state index in [9.17, 15) is 19.2 Å². The third-order valence-corrected chi connectivity index (χ3v) is 5.72. The molecule has 0 fully saturated rings. The zero-order chi connectivity index (χ0) is 31.5. The van der Waals surface area contributed by atoms with Gasteiger partial charge in [0, 0.05) is 16.7 Å². The first kappa shape index (κ1) is 32.1. The Morgan fingerprint density at radius 3 is 1.47 bits per heavy atom. The molecule has 10 nitrogen and oxygen atoms in total. The molecule has 0 heterocycles. The molecule has 0 aromatic heterocycles. The van der Waals surface area contributed by atoms with E-state index in [0.29, 0.717) is 22.8 Å². The van der Waals surface area contributed by atoms with Crippen molar-refractivity contribution < 1.29 is 47.6 Å². The number of esters is 4. The summed E-state index contributed by atoms with van der Waals surface area (Å²) in [5.41, 5.74) is 1.72. The predicted molar refractivity (Wildman–Crippen MR) is 156 cm³/mol. The number of hydrogen-bond donors (Lipinski definition) is 0. The van der Waals surface area contributed by atoms with E-state index >= 15 is 0 Å². The normalized spacial score (nSPS) is 10.3. The summed E-state index contributed by atoms with van der Waals surface area (Å²) in [5, 5.41) is 0. The van der Waals surface area contributed by atoms with E-state index in [1.807, 2.05) is 13.8 Å². The fraction of sp³-hybridized carbons (Fsp3) is 0.212. The highest BCUT2D eigenvalue weighted by atomic mass is 16.7. The molecule has 0 atom stereocenters. The summed E-state index contributed by atoms with van der Waals surface area (Å²) in [6, 6.07) is 17.0. The summed E-state index contributed by atoms with van der Waals surface area (Å²) >= 11 is 0. The number of benzene rings is 3. The first-order valence-corrected chi connectivity index (χ1v) is 13.1. The molecule has 3 aromatic rings. The predicted octanol–water partition coefficient (Wildman–Crippen LogP) is 6.16. The van der Waals surface area contributed by atoms with Crippen molar-refractivity contribution in [3.63, 3.8) is 0 Å². The molecule has 0 spiro atoms. The lowest BCUT2D eigenvalue weighted by molar-refractivity contribution is -0.146. The zero-order valence-corrected chi connectivity index (χ0v) is 24.3. The van der Waals surface area contributed by atoms with Crippen molar-refractivity contribution >= 4 is 23.9 Å². The van der Waals surface area contributed by atoms with E-state index < -0.39 is 23.9 Å².